The monoisotopic (exact) mass is 316 g/mol. The lowest BCUT2D eigenvalue weighted by atomic mass is 10.1. The number of aryl methyl sites for hydroxylation is 2. The predicted octanol–water partition coefficient (Wildman–Crippen LogP) is 3.91. The fourth-order valence-electron chi connectivity index (χ4n) is 2.60. The van der Waals surface area contributed by atoms with E-state index in [2.05, 4.69) is 19.9 Å². The summed E-state index contributed by atoms with van der Waals surface area (Å²) in [6, 6.07) is 3.90. The maximum Gasteiger partial charge on any atom is 0.152 e. The van der Waals surface area contributed by atoms with Gasteiger partial charge in [-0.25, -0.2) is 13.8 Å². The van der Waals surface area contributed by atoms with Gasteiger partial charge in [0, 0.05) is 48.8 Å². The number of aromatic nitrogens is 3. The Hall–Kier alpha value is -2.50. The molecule has 3 aromatic rings. The zero-order valence-corrected chi connectivity index (χ0v) is 12.9. The van der Waals surface area contributed by atoms with Crippen molar-refractivity contribution in [3.8, 4) is 0 Å². The molecule has 23 heavy (non-hydrogen) atoms. The molecule has 0 aliphatic rings. The number of pyridine rings is 1. The highest BCUT2D eigenvalue weighted by Gasteiger charge is 2.08. The van der Waals surface area contributed by atoms with Crippen molar-refractivity contribution in [3.05, 3.63) is 54.2 Å². The first-order chi connectivity index (χ1) is 11.1. The van der Waals surface area contributed by atoms with Crippen LogP contribution in [0.1, 0.15) is 18.7 Å². The summed E-state index contributed by atoms with van der Waals surface area (Å²) in [7, 11) is 0. The Kier molecular flexibility index (Phi) is 4.50. The molecular weight excluding hydrogens is 298 g/mol. The van der Waals surface area contributed by atoms with Crippen molar-refractivity contribution in [3.63, 3.8) is 0 Å². The first-order valence-electron chi connectivity index (χ1n) is 7.60. The quantitative estimate of drug-likeness (QED) is 0.701. The molecule has 0 radical (unpaired) electrons. The molecule has 0 saturated heterocycles. The van der Waals surface area contributed by atoms with Crippen molar-refractivity contribution in [2.24, 2.45) is 0 Å². The van der Waals surface area contributed by atoms with Crippen molar-refractivity contribution in [2.75, 3.05) is 11.9 Å². The van der Waals surface area contributed by atoms with Crippen molar-refractivity contribution in [1.82, 2.24) is 14.5 Å². The number of hydrogen-bond acceptors (Lipinski definition) is 3. The van der Waals surface area contributed by atoms with E-state index in [4.69, 9.17) is 0 Å². The second-order valence-corrected chi connectivity index (χ2v) is 5.44. The summed E-state index contributed by atoms with van der Waals surface area (Å²) in [5.41, 5.74) is 0.887. The number of benzene rings is 1. The lowest BCUT2D eigenvalue weighted by Gasteiger charge is -2.10. The highest BCUT2D eigenvalue weighted by Crippen LogP contribution is 2.24. The molecule has 1 N–H and O–H groups in total. The van der Waals surface area contributed by atoms with Gasteiger partial charge in [0.15, 0.2) is 5.82 Å². The number of anilines is 1. The summed E-state index contributed by atoms with van der Waals surface area (Å²) in [5, 5.41) is 3.71. The third-order valence-corrected chi connectivity index (χ3v) is 3.83. The SMILES string of the molecule is Cc1nccn1CCCCNc1ccnc2c(F)cc(F)cc12. The van der Waals surface area contributed by atoms with E-state index in [1.54, 1.807) is 12.3 Å². The highest BCUT2D eigenvalue weighted by atomic mass is 19.1. The van der Waals surface area contributed by atoms with Crippen LogP contribution >= 0.6 is 0 Å². The molecule has 0 aliphatic heterocycles. The van der Waals surface area contributed by atoms with Crippen LogP contribution in [0.25, 0.3) is 10.9 Å². The van der Waals surface area contributed by atoms with Crippen LogP contribution in [0.2, 0.25) is 0 Å². The predicted molar refractivity (Wildman–Crippen MR) is 86.3 cm³/mol. The topological polar surface area (TPSA) is 42.7 Å². The van der Waals surface area contributed by atoms with Crippen LogP contribution in [-0.2, 0) is 6.54 Å². The van der Waals surface area contributed by atoms with E-state index in [9.17, 15) is 8.78 Å². The number of fused-ring (bicyclic) bond motifs is 1. The van der Waals surface area contributed by atoms with E-state index in [0.29, 0.717) is 11.1 Å². The maximum absolute atomic E-state index is 13.7. The van der Waals surface area contributed by atoms with Crippen LogP contribution in [0.5, 0.6) is 0 Å². The van der Waals surface area contributed by atoms with Gasteiger partial charge in [0.25, 0.3) is 0 Å². The molecular formula is C17H18F2N4. The summed E-state index contributed by atoms with van der Waals surface area (Å²) in [5.74, 6) is -0.232. The first kappa shape index (κ1) is 15.4. The van der Waals surface area contributed by atoms with E-state index < -0.39 is 11.6 Å². The van der Waals surface area contributed by atoms with Crippen LogP contribution in [0.15, 0.2) is 36.8 Å². The van der Waals surface area contributed by atoms with Crippen LogP contribution in [0.4, 0.5) is 14.5 Å². The molecule has 6 heteroatoms. The number of halogens is 2. The van der Waals surface area contributed by atoms with Gasteiger partial charge < -0.3 is 9.88 Å². The minimum Gasteiger partial charge on any atom is -0.384 e. The van der Waals surface area contributed by atoms with Gasteiger partial charge in [0.1, 0.15) is 17.2 Å². The lowest BCUT2D eigenvalue weighted by molar-refractivity contribution is 0.590. The van der Waals surface area contributed by atoms with Crippen molar-refractivity contribution in [1.29, 1.82) is 0 Å². The molecule has 4 nitrogen and oxygen atoms in total. The average Bonchev–Trinajstić information content (AvgIpc) is 2.92. The fraction of sp³-hybridized carbons (Fsp3) is 0.294. The number of hydrogen-bond donors (Lipinski definition) is 1. The number of imidazole rings is 1. The van der Waals surface area contributed by atoms with Gasteiger partial charge in [-0.15, -0.1) is 0 Å². The van der Waals surface area contributed by atoms with Gasteiger partial charge in [-0.05, 0) is 31.9 Å². The standard InChI is InChI=1S/C17H18F2N4/c1-12-20-7-9-23(12)8-3-2-5-21-16-4-6-22-17-14(16)10-13(18)11-15(17)19/h4,6-7,9-11H,2-3,5,8H2,1H3,(H,21,22). The van der Waals surface area contributed by atoms with E-state index in [0.717, 1.165) is 37.8 Å². The molecule has 1 aromatic carbocycles. The second kappa shape index (κ2) is 6.73. The van der Waals surface area contributed by atoms with Crippen molar-refractivity contribution >= 4 is 16.6 Å². The summed E-state index contributed by atoms with van der Waals surface area (Å²) >= 11 is 0. The highest BCUT2D eigenvalue weighted by molar-refractivity contribution is 5.91. The van der Waals surface area contributed by atoms with Gasteiger partial charge in [-0.3, -0.25) is 4.98 Å². The van der Waals surface area contributed by atoms with E-state index in [-0.39, 0.29) is 5.52 Å². The summed E-state index contributed by atoms with van der Waals surface area (Å²) in [6.45, 7) is 3.61. The van der Waals surface area contributed by atoms with Gasteiger partial charge >= 0.3 is 0 Å². The Balaban J connectivity index is 1.60. The number of nitrogens with one attached hydrogen (secondary N) is 1. The Morgan fingerprint density at radius 2 is 2.00 bits per heavy atom. The zero-order chi connectivity index (χ0) is 16.2. The molecule has 0 bridgehead atoms. The molecule has 0 saturated carbocycles. The second-order valence-electron chi connectivity index (χ2n) is 5.44. The molecule has 120 valence electrons. The molecule has 2 heterocycles. The lowest BCUT2D eigenvalue weighted by Crippen LogP contribution is -2.05. The van der Waals surface area contributed by atoms with Gasteiger partial charge in [-0.1, -0.05) is 0 Å². The summed E-state index contributed by atoms with van der Waals surface area (Å²) in [4.78, 5) is 8.16. The molecule has 0 fully saturated rings. The summed E-state index contributed by atoms with van der Waals surface area (Å²) < 4.78 is 29.2. The van der Waals surface area contributed by atoms with Crippen LogP contribution in [-0.4, -0.2) is 21.1 Å². The van der Waals surface area contributed by atoms with Gasteiger partial charge in [0.2, 0.25) is 0 Å². The zero-order valence-electron chi connectivity index (χ0n) is 12.9. The van der Waals surface area contributed by atoms with Gasteiger partial charge in [-0.2, -0.15) is 0 Å². The molecule has 0 amide bonds. The van der Waals surface area contributed by atoms with Crippen LogP contribution in [0.3, 0.4) is 0 Å². The molecule has 0 atom stereocenters. The Morgan fingerprint density at radius 3 is 2.78 bits per heavy atom. The van der Waals surface area contributed by atoms with Crippen LogP contribution < -0.4 is 5.32 Å². The Labute approximate surface area is 133 Å². The molecule has 3 rings (SSSR count). The van der Waals surface area contributed by atoms with Crippen LogP contribution in [0, 0.1) is 18.6 Å². The molecule has 0 spiro atoms. The fourth-order valence-corrected chi connectivity index (χ4v) is 2.60. The normalized spacial score (nSPS) is 11.1. The van der Waals surface area contributed by atoms with E-state index >= 15 is 0 Å². The third kappa shape index (κ3) is 3.47. The van der Waals surface area contributed by atoms with Crippen molar-refractivity contribution < 1.29 is 8.78 Å². The maximum atomic E-state index is 13.7. The molecule has 0 aliphatic carbocycles. The minimum absolute atomic E-state index is 0.186. The van der Waals surface area contributed by atoms with Gasteiger partial charge in [0.05, 0.1) is 0 Å². The molecule has 0 unspecified atom stereocenters. The number of unbranched alkanes of at least 4 members (excludes halogenated alkanes) is 1. The number of nitrogens with zero attached hydrogens (tertiary/aromatic N) is 3. The Bertz CT molecular complexity index is 813. The smallest absolute Gasteiger partial charge is 0.152 e. The first-order valence-corrected chi connectivity index (χ1v) is 7.60. The minimum atomic E-state index is -0.640. The summed E-state index contributed by atoms with van der Waals surface area (Å²) in [6.07, 6.45) is 7.22. The average molecular weight is 316 g/mol. The number of rotatable bonds is 6. The Morgan fingerprint density at radius 1 is 1.13 bits per heavy atom. The van der Waals surface area contributed by atoms with E-state index in [1.165, 1.54) is 12.3 Å². The van der Waals surface area contributed by atoms with Crippen molar-refractivity contribution in [2.45, 2.75) is 26.3 Å². The molecule has 2 aromatic heterocycles. The largest absolute Gasteiger partial charge is 0.384 e. The van der Waals surface area contributed by atoms with E-state index in [1.807, 2.05) is 13.1 Å². The third-order valence-electron chi connectivity index (χ3n) is 3.83.